The summed E-state index contributed by atoms with van der Waals surface area (Å²) in [5, 5.41) is 9.95. The van der Waals surface area contributed by atoms with Crippen LogP contribution in [0.3, 0.4) is 0 Å². The third kappa shape index (κ3) is 6.47. The molecular weight excluding hydrogens is 463 g/mol. The molecule has 0 saturated carbocycles. The maximum absolute atomic E-state index is 13.2. The fraction of sp³-hybridized carbons (Fsp3) is 0.130. The topological polar surface area (TPSA) is 109 Å². The Kier molecular flexibility index (Phi) is 7.10. The van der Waals surface area contributed by atoms with Gasteiger partial charge in [0.15, 0.2) is 0 Å². The van der Waals surface area contributed by atoms with Gasteiger partial charge in [-0.1, -0.05) is 18.2 Å². The summed E-state index contributed by atoms with van der Waals surface area (Å²) in [6, 6.07) is 15.7. The van der Waals surface area contributed by atoms with Crippen molar-refractivity contribution < 1.29 is 22.3 Å². The first-order chi connectivity index (χ1) is 16.9. The molecule has 2 heterocycles. The van der Waals surface area contributed by atoms with Gasteiger partial charge < -0.3 is 19.8 Å². The molecule has 0 fully saturated rings. The van der Waals surface area contributed by atoms with Crippen molar-refractivity contribution in [3.8, 4) is 5.75 Å². The normalized spacial score (nSPS) is 11.4. The smallest absolute Gasteiger partial charge is 0.417 e. The van der Waals surface area contributed by atoms with Crippen LogP contribution in [-0.4, -0.2) is 28.3 Å². The molecule has 0 amide bonds. The minimum Gasteiger partial charge on any atom is -0.497 e. The number of ether oxygens (including phenoxy) is 1. The van der Waals surface area contributed by atoms with Crippen molar-refractivity contribution in [1.82, 2.24) is 15.0 Å². The Hall–Kier alpha value is -4.61. The molecule has 0 spiro atoms. The highest BCUT2D eigenvalue weighted by molar-refractivity contribution is 5.82. The zero-order valence-electron chi connectivity index (χ0n) is 18.4. The highest BCUT2D eigenvalue weighted by Gasteiger charge is 2.32. The number of hydrogen-bond acceptors (Lipinski definition) is 9. The Labute approximate surface area is 198 Å². The number of aromatic nitrogens is 3. The van der Waals surface area contributed by atoms with E-state index in [0.29, 0.717) is 23.7 Å². The second-order valence-electron chi connectivity index (χ2n) is 7.05. The number of nitrogens with one attached hydrogen (secondary N) is 3. The van der Waals surface area contributed by atoms with Gasteiger partial charge in [-0.25, -0.2) is 5.43 Å². The average molecular weight is 483 g/mol. The van der Waals surface area contributed by atoms with Gasteiger partial charge in [0, 0.05) is 11.3 Å². The van der Waals surface area contributed by atoms with Crippen LogP contribution in [0.5, 0.6) is 5.75 Å². The third-order valence-electron chi connectivity index (χ3n) is 4.62. The second-order valence-corrected chi connectivity index (χ2v) is 7.05. The fourth-order valence-electron chi connectivity index (χ4n) is 2.97. The molecule has 0 saturated heterocycles. The lowest BCUT2D eigenvalue weighted by molar-refractivity contribution is -0.137. The summed E-state index contributed by atoms with van der Waals surface area (Å²) in [5.74, 6) is 1.73. The fourth-order valence-corrected chi connectivity index (χ4v) is 2.97. The summed E-state index contributed by atoms with van der Waals surface area (Å²) in [7, 11) is 1.57. The molecule has 0 radical (unpaired) electrons. The molecule has 2 aromatic carbocycles. The van der Waals surface area contributed by atoms with Gasteiger partial charge in [-0.3, -0.25) is 0 Å². The number of hydrogen-bond donors (Lipinski definition) is 3. The molecular formula is C23H20F3N7O2. The Morgan fingerprint density at radius 3 is 2.40 bits per heavy atom. The van der Waals surface area contributed by atoms with Gasteiger partial charge in [0.25, 0.3) is 0 Å². The minimum absolute atomic E-state index is 0.0127. The third-order valence-corrected chi connectivity index (χ3v) is 4.62. The number of benzene rings is 2. The molecule has 0 aliphatic rings. The number of methoxy groups -OCH3 is 1. The van der Waals surface area contributed by atoms with Crippen LogP contribution < -0.4 is 20.8 Å². The zero-order valence-corrected chi connectivity index (χ0v) is 18.4. The number of rotatable bonds is 9. The predicted octanol–water partition coefficient (Wildman–Crippen LogP) is 5.29. The number of nitrogens with zero attached hydrogens (tertiary/aromatic N) is 4. The van der Waals surface area contributed by atoms with Crippen molar-refractivity contribution in [3.63, 3.8) is 0 Å². The Balaban J connectivity index is 1.55. The van der Waals surface area contributed by atoms with Gasteiger partial charge in [-0.2, -0.15) is 33.2 Å². The van der Waals surface area contributed by atoms with E-state index in [1.54, 1.807) is 49.8 Å². The highest BCUT2D eigenvalue weighted by atomic mass is 19.4. The van der Waals surface area contributed by atoms with E-state index in [4.69, 9.17) is 9.15 Å². The van der Waals surface area contributed by atoms with Crippen LogP contribution in [0.25, 0.3) is 0 Å². The van der Waals surface area contributed by atoms with Crippen LogP contribution >= 0.6 is 0 Å². The van der Waals surface area contributed by atoms with E-state index in [0.717, 1.165) is 12.3 Å². The Morgan fingerprint density at radius 2 is 1.69 bits per heavy atom. The lowest BCUT2D eigenvalue weighted by Gasteiger charge is -2.10. The molecule has 35 heavy (non-hydrogen) atoms. The van der Waals surface area contributed by atoms with E-state index in [-0.39, 0.29) is 23.4 Å². The number of anilines is 4. The number of halogens is 3. The van der Waals surface area contributed by atoms with E-state index in [1.165, 1.54) is 18.2 Å². The molecule has 0 unspecified atom stereocenters. The monoisotopic (exact) mass is 483 g/mol. The van der Waals surface area contributed by atoms with Gasteiger partial charge in [0.2, 0.25) is 17.8 Å². The van der Waals surface area contributed by atoms with Gasteiger partial charge >= 0.3 is 6.18 Å². The van der Waals surface area contributed by atoms with E-state index in [1.807, 2.05) is 0 Å². The lowest BCUT2D eigenvalue weighted by Crippen LogP contribution is -2.10. The summed E-state index contributed by atoms with van der Waals surface area (Å²) >= 11 is 0. The minimum atomic E-state index is -4.51. The molecule has 9 nitrogen and oxygen atoms in total. The molecule has 0 aliphatic heterocycles. The van der Waals surface area contributed by atoms with Crippen molar-refractivity contribution in [2.24, 2.45) is 5.10 Å². The molecule has 12 heteroatoms. The standard InChI is InChI=1S/C23H20F3N7O2/c1-34-17-10-8-16(9-11-17)29-21-30-20(27-14-18-6-4-12-35-18)31-22(32-21)33-28-13-15-5-2-3-7-19(15)23(24,25)26/h2-13H,14H2,1H3,(H3,27,29,30,31,32,33)/b28-13-. The zero-order chi connectivity index (χ0) is 24.7. The van der Waals surface area contributed by atoms with Crippen molar-refractivity contribution in [2.45, 2.75) is 12.7 Å². The maximum Gasteiger partial charge on any atom is 0.417 e. The molecule has 0 bridgehead atoms. The second kappa shape index (κ2) is 10.5. The van der Waals surface area contributed by atoms with E-state index >= 15 is 0 Å². The average Bonchev–Trinajstić information content (AvgIpc) is 3.37. The molecule has 4 aromatic rings. The summed E-state index contributed by atoms with van der Waals surface area (Å²) in [4.78, 5) is 12.8. The van der Waals surface area contributed by atoms with E-state index < -0.39 is 11.7 Å². The molecule has 0 atom stereocenters. The molecule has 4 rings (SSSR count). The molecule has 3 N–H and O–H groups in total. The maximum atomic E-state index is 13.2. The van der Waals surface area contributed by atoms with Crippen LogP contribution in [0.15, 0.2) is 76.4 Å². The Morgan fingerprint density at radius 1 is 0.943 bits per heavy atom. The first-order valence-electron chi connectivity index (χ1n) is 10.3. The van der Waals surface area contributed by atoms with E-state index in [9.17, 15) is 13.2 Å². The summed E-state index contributed by atoms with van der Waals surface area (Å²) in [5.41, 5.74) is 2.34. The quantitative estimate of drug-likeness (QED) is 0.218. The first-order valence-corrected chi connectivity index (χ1v) is 10.3. The van der Waals surface area contributed by atoms with Crippen molar-refractivity contribution in [2.75, 3.05) is 23.2 Å². The van der Waals surface area contributed by atoms with Crippen molar-refractivity contribution in [3.05, 3.63) is 83.8 Å². The number of alkyl halides is 3. The van der Waals surface area contributed by atoms with Crippen LogP contribution in [0.1, 0.15) is 16.9 Å². The molecule has 180 valence electrons. The Bertz CT molecular complexity index is 1280. The number of hydrazone groups is 1. The van der Waals surface area contributed by atoms with Gasteiger partial charge in [-0.05, 0) is 42.5 Å². The van der Waals surface area contributed by atoms with Crippen LogP contribution in [-0.2, 0) is 12.7 Å². The predicted molar refractivity (Wildman–Crippen MR) is 125 cm³/mol. The largest absolute Gasteiger partial charge is 0.497 e. The van der Waals surface area contributed by atoms with Crippen LogP contribution in [0.4, 0.5) is 36.7 Å². The van der Waals surface area contributed by atoms with Crippen molar-refractivity contribution >= 4 is 29.7 Å². The van der Waals surface area contributed by atoms with Crippen molar-refractivity contribution in [1.29, 1.82) is 0 Å². The van der Waals surface area contributed by atoms with Gasteiger partial charge in [-0.15, -0.1) is 0 Å². The molecule has 0 aliphatic carbocycles. The summed E-state index contributed by atoms with van der Waals surface area (Å²) in [6.07, 6.45) is -1.91. The van der Waals surface area contributed by atoms with Gasteiger partial charge in [0.05, 0.1) is 31.7 Å². The number of furan rings is 1. The summed E-state index contributed by atoms with van der Waals surface area (Å²) < 4.78 is 50.1. The summed E-state index contributed by atoms with van der Waals surface area (Å²) in [6.45, 7) is 0.306. The molecule has 2 aromatic heterocycles. The lowest BCUT2D eigenvalue weighted by atomic mass is 10.1. The first kappa shape index (κ1) is 23.5. The highest BCUT2D eigenvalue weighted by Crippen LogP contribution is 2.31. The van der Waals surface area contributed by atoms with Crippen LogP contribution in [0, 0.1) is 0 Å². The van der Waals surface area contributed by atoms with Crippen LogP contribution in [0.2, 0.25) is 0 Å². The van der Waals surface area contributed by atoms with Gasteiger partial charge in [0.1, 0.15) is 11.5 Å². The van der Waals surface area contributed by atoms with E-state index in [2.05, 4.69) is 36.1 Å². The SMILES string of the molecule is COc1ccc(Nc2nc(NCc3ccco3)nc(N/N=C\c3ccccc3C(F)(F)F)n2)cc1.